The largest absolute Gasteiger partial charge is 0.328 e. The van der Waals surface area contributed by atoms with E-state index in [0.29, 0.717) is 17.7 Å². The summed E-state index contributed by atoms with van der Waals surface area (Å²) in [6.07, 6.45) is 7.22. The summed E-state index contributed by atoms with van der Waals surface area (Å²) >= 11 is 0. The fourth-order valence-corrected chi connectivity index (χ4v) is 4.60. The molecule has 4 aromatic rings. The van der Waals surface area contributed by atoms with E-state index in [-0.39, 0.29) is 0 Å². The number of nitrogens with zero attached hydrogens (tertiary/aromatic N) is 5. The molecule has 32 heavy (non-hydrogen) atoms. The van der Waals surface area contributed by atoms with Gasteiger partial charge in [0.15, 0.2) is 5.82 Å². The molecule has 2 N–H and O–H groups in total. The van der Waals surface area contributed by atoms with Crippen molar-refractivity contribution in [2.75, 3.05) is 5.32 Å². The van der Waals surface area contributed by atoms with E-state index in [0.717, 1.165) is 29.2 Å². The van der Waals surface area contributed by atoms with Gasteiger partial charge in [-0.1, -0.05) is 37.3 Å². The average Bonchev–Trinajstić information content (AvgIpc) is 3.41. The SMILES string of the molecule is CC1CC(Nc2nc(-c3ccc(-c4ccccn4)cc3)nn2C)=C(C2CC2)c2cn[nH]c21. The van der Waals surface area contributed by atoms with Gasteiger partial charge in [0.05, 0.1) is 11.9 Å². The highest BCUT2D eigenvalue weighted by atomic mass is 15.4. The number of pyridine rings is 1. The van der Waals surface area contributed by atoms with Gasteiger partial charge in [-0.2, -0.15) is 10.1 Å². The molecule has 1 fully saturated rings. The highest BCUT2D eigenvalue weighted by Gasteiger charge is 2.36. The van der Waals surface area contributed by atoms with Gasteiger partial charge in [0.2, 0.25) is 5.95 Å². The first kappa shape index (κ1) is 19.0. The Balaban J connectivity index is 1.30. The molecule has 7 heteroatoms. The van der Waals surface area contributed by atoms with E-state index in [1.54, 1.807) is 0 Å². The predicted molar refractivity (Wildman–Crippen MR) is 125 cm³/mol. The lowest BCUT2D eigenvalue weighted by Crippen LogP contribution is -2.16. The summed E-state index contributed by atoms with van der Waals surface area (Å²) < 4.78 is 1.83. The summed E-state index contributed by atoms with van der Waals surface area (Å²) in [5.74, 6) is 2.49. The Morgan fingerprint density at radius 1 is 1.06 bits per heavy atom. The number of H-pyrrole nitrogens is 1. The number of allylic oxidation sites excluding steroid dienone is 2. The van der Waals surface area contributed by atoms with Crippen LogP contribution in [0, 0.1) is 5.92 Å². The lowest BCUT2D eigenvalue weighted by atomic mass is 9.85. The molecule has 3 aromatic heterocycles. The Bertz CT molecular complexity index is 1290. The Morgan fingerprint density at radius 3 is 2.62 bits per heavy atom. The van der Waals surface area contributed by atoms with Crippen molar-refractivity contribution in [2.45, 2.75) is 32.1 Å². The Hall–Kier alpha value is -3.74. The Morgan fingerprint density at radius 2 is 1.88 bits per heavy atom. The van der Waals surface area contributed by atoms with Crippen molar-refractivity contribution < 1.29 is 0 Å². The van der Waals surface area contributed by atoms with E-state index in [4.69, 9.17) is 4.98 Å². The van der Waals surface area contributed by atoms with E-state index in [9.17, 15) is 0 Å². The van der Waals surface area contributed by atoms with Crippen LogP contribution in [-0.2, 0) is 7.05 Å². The highest BCUT2D eigenvalue weighted by Crippen LogP contribution is 2.49. The van der Waals surface area contributed by atoms with Crippen molar-refractivity contribution in [3.05, 3.63) is 71.8 Å². The number of hydrogen-bond donors (Lipinski definition) is 2. The maximum Gasteiger partial charge on any atom is 0.225 e. The summed E-state index contributed by atoms with van der Waals surface area (Å²) in [6, 6.07) is 14.2. The number of aromatic amines is 1. The zero-order valence-electron chi connectivity index (χ0n) is 18.2. The van der Waals surface area contributed by atoms with Gasteiger partial charge in [-0.05, 0) is 42.9 Å². The summed E-state index contributed by atoms with van der Waals surface area (Å²) in [4.78, 5) is 9.25. The van der Waals surface area contributed by atoms with Gasteiger partial charge in [-0.25, -0.2) is 4.68 Å². The molecule has 1 unspecified atom stereocenters. The van der Waals surface area contributed by atoms with Crippen molar-refractivity contribution in [1.82, 2.24) is 29.9 Å². The van der Waals surface area contributed by atoms with E-state index >= 15 is 0 Å². The van der Waals surface area contributed by atoms with Gasteiger partial charge in [0, 0.05) is 47.2 Å². The first-order valence-electron chi connectivity index (χ1n) is 11.1. The lowest BCUT2D eigenvalue weighted by Gasteiger charge is -2.25. The first-order chi connectivity index (χ1) is 15.7. The number of aromatic nitrogens is 6. The van der Waals surface area contributed by atoms with Crippen LogP contribution in [0.2, 0.25) is 0 Å². The minimum Gasteiger partial charge on any atom is -0.328 e. The molecule has 0 saturated heterocycles. The number of aryl methyl sites for hydroxylation is 1. The monoisotopic (exact) mass is 423 g/mol. The lowest BCUT2D eigenvalue weighted by molar-refractivity contribution is 0.698. The number of fused-ring (bicyclic) bond motifs is 1. The van der Waals surface area contributed by atoms with Gasteiger partial charge < -0.3 is 5.32 Å². The van der Waals surface area contributed by atoms with Crippen LogP contribution in [0.15, 0.2) is 60.6 Å². The molecular formula is C25H25N7. The molecule has 2 aliphatic rings. The standard InChI is InChI=1S/C25H25N7/c1-15-13-21(22(17-8-9-17)19-14-27-30-23(15)19)28-25-29-24(31-32(25)2)18-10-6-16(7-11-18)20-5-3-4-12-26-20/h3-7,10-12,14-15,17H,8-9,13H2,1-2H3,(H,27,30)(H,28,29,31). The predicted octanol–water partition coefficient (Wildman–Crippen LogP) is 5.01. The van der Waals surface area contributed by atoms with Crippen LogP contribution >= 0.6 is 0 Å². The second kappa shape index (κ2) is 7.44. The summed E-state index contributed by atoms with van der Waals surface area (Å²) in [5.41, 5.74) is 8.19. The zero-order valence-corrected chi connectivity index (χ0v) is 18.2. The molecule has 0 spiro atoms. The summed E-state index contributed by atoms with van der Waals surface area (Å²) in [7, 11) is 1.94. The molecule has 0 amide bonds. The van der Waals surface area contributed by atoms with Crippen LogP contribution in [0.4, 0.5) is 5.95 Å². The molecule has 1 atom stereocenters. The van der Waals surface area contributed by atoms with Crippen LogP contribution in [0.1, 0.15) is 43.4 Å². The molecule has 3 heterocycles. The fourth-order valence-electron chi connectivity index (χ4n) is 4.60. The molecular weight excluding hydrogens is 398 g/mol. The maximum absolute atomic E-state index is 4.83. The molecule has 1 saturated carbocycles. The van der Waals surface area contributed by atoms with Crippen molar-refractivity contribution in [2.24, 2.45) is 13.0 Å². The number of nitrogens with one attached hydrogen (secondary N) is 2. The molecule has 160 valence electrons. The Labute approximate surface area is 186 Å². The van der Waals surface area contributed by atoms with Crippen molar-refractivity contribution >= 4 is 11.5 Å². The van der Waals surface area contributed by atoms with Gasteiger partial charge in [0.1, 0.15) is 0 Å². The van der Waals surface area contributed by atoms with Gasteiger partial charge in [-0.15, -0.1) is 5.10 Å². The third-order valence-electron chi connectivity index (χ3n) is 6.40. The summed E-state index contributed by atoms with van der Waals surface area (Å²) in [6.45, 7) is 2.24. The second-order valence-corrected chi connectivity index (χ2v) is 8.77. The molecule has 6 rings (SSSR count). The third-order valence-corrected chi connectivity index (χ3v) is 6.40. The molecule has 1 aromatic carbocycles. The van der Waals surface area contributed by atoms with Gasteiger partial charge in [-0.3, -0.25) is 10.1 Å². The number of rotatable bonds is 5. The van der Waals surface area contributed by atoms with Crippen LogP contribution in [0.5, 0.6) is 0 Å². The third kappa shape index (κ3) is 3.30. The maximum atomic E-state index is 4.83. The van der Waals surface area contributed by atoms with Crippen LogP contribution in [0.3, 0.4) is 0 Å². The number of hydrogen-bond acceptors (Lipinski definition) is 5. The zero-order chi connectivity index (χ0) is 21.7. The van der Waals surface area contributed by atoms with Crippen molar-refractivity contribution in [1.29, 1.82) is 0 Å². The van der Waals surface area contributed by atoms with Gasteiger partial charge in [0.25, 0.3) is 0 Å². The number of anilines is 1. The van der Waals surface area contributed by atoms with Crippen LogP contribution < -0.4 is 5.32 Å². The Kier molecular flexibility index (Phi) is 4.41. The molecule has 0 aliphatic heterocycles. The molecule has 2 aliphatic carbocycles. The smallest absolute Gasteiger partial charge is 0.225 e. The normalized spacial score (nSPS) is 18.0. The minimum atomic E-state index is 0.393. The van der Waals surface area contributed by atoms with Crippen molar-refractivity contribution in [3.63, 3.8) is 0 Å². The second-order valence-electron chi connectivity index (χ2n) is 8.77. The first-order valence-corrected chi connectivity index (χ1v) is 11.1. The van der Waals surface area contributed by atoms with E-state index < -0.39 is 0 Å². The van der Waals surface area contributed by atoms with Crippen LogP contribution in [-0.4, -0.2) is 29.9 Å². The molecule has 7 nitrogen and oxygen atoms in total. The van der Waals surface area contributed by atoms with Gasteiger partial charge >= 0.3 is 0 Å². The van der Waals surface area contributed by atoms with E-state index in [2.05, 4.69) is 56.8 Å². The fraction of sp³-hybridized carbons (Fsp3) is 0.280. The van der Waals surface area contributed by atoms with E-state index in [1.165, 1.54) is 35.4 Å². The number of benzene rings is 1. The van der Waals surface area contributed by atoms with E-state index in [1.807, 2.05) is 42.3 Å². The minimum absolute atomic E-state index is 0.393. The summed E-state index contributed by atoms with van der Waals surface area (Å²) in [5, 5.41) is 15.8. The molecule has 0 bridgehead atoms. The van der Waals surface area contributed by atoms with Crippen molar-refractivity contribution in [3.8, 4) is 22.6 Å². The van der Waals surface area contributed by atoms with Crippen LogP contribution in [0.25, 0.3) is 28.2 Å². The molecule has 0 radical (unpaired) electrons. The quantitative estimate of drug-likeness (QED) is 0.471. The highest BCUT2D eigenvalue weighted by molar-refractivity contribution is 5.77. The average molecular weight is 424 g/mol. The topological polar surface area (TPSA) is 84.3 Å².